The van der Waals surface area contributed by atoms with Crippen molar-refractivity contribution in [3.63, 3.8) is 0 Å². The van der Waals surface area contributed by atoms with E-state index < -0.39 is 0 Å². The molecule has 0 radical (unpaired) electrons. The van der Waals surface area contributed by atoms with Gasteiger partial charge in [0, 0.05) is 24.4 Å². The molecule has 2 aromatic carbocycles. The third kappa shape index (κ3) is 4.80. The number of hydrogen-bond acceptors (Lipinski definition) is 4. The van der Waals surface area contributed by atoms with Gasteiger partial charge in [-0.05, 0) is 41.2 Å². The third-order valence-corrected chi connectivity index (χ3v) is 7.75. The lowest BCUT2D eigenvalue weighted by Gasteiger charge is -2.21. The summed E-state index contributed by atoms with van der Waals surface area (Å²) in [6.45, 7) is 0. The van der Waals surface area contributed by atoms with Crippen molar-refractivity contribution in [3.05, 3.63) is 89.5 Å². The second-order valence-electron chi connectivity index (χ2n) is 6.73. The molecule has 1 aliphatic rings. The van der Waals surface area contributed by atoms with Crippen LogP contribution in [-0.2, 0) is 6.42 Å². The summed E-state index contributed by atoms with van der Waals surface area (Å²) >= 11 is 3.99. The number of rotatable bonds is 6. The maximum absolute atomic E-state index is 12.9. The van der Waals surface area contributed by atoms with E-state index in [2.05, 4.69) is 27.4 Å². The van der Waals surface area contributed by atoms with Crippen molar-refractivity contribution in [2.75, 3.05) is 11.5 Å². The van der Waals surface area contributed by atoms with Crippen LogP contribution in [0.4, 0.5) is 0 Å². The van der Waals surface area contributed by atoms with Crippen molar-refractivity contribution >= 4 is 29.4 Å². The Bertz CT molecular complexity index is 876. The number of amides is 1. The topological polar surface area (TPSA) is 57.8 Å². The summed E-state index contributed by atoms with van der Waals surface area (Å²) in [6.07, 6.45) is 5.44. The van der Waals surface area contributed by atoms with E-state index in [4.69, 9.17) is 0 Å². The Morgan fingerprint density at radius 1 is 1.11 bits per heavy atom. The number of carbonyl (C=O) groups excluding carboxylic acids is 1. The molecule has 1 atom stereocenters. The highest BCUT2D eigenvalue weighted by Gasteiger charge is 2.19. The molecule has 0 spiro atoms. The average Bonchev–Trinajstić information content (AvgIpc) is 3.28. The first-order valence-electron chi connectivity index (χ1n) is 9.47. The van der Waals surface area contributed by atoms with Crippen LogP contribution in [0.2, 0.25) is 0 Å². The minimum Gasteiger partial charge on any atom is -0.349 e. The summed E-state index contributed by atoms with van der Waals surface area (Å²) < 4.78 is 0.488. The number of H-pyrrole nitrogens is 1. The number of benzene rings is 2. The molecule has 1 fully saturated rings. The number of nitrogens with one attached hydrogen (secondary N) is 2. The van der Waals surface area contributed by atoms with Crippen molar-refractivity contribution in [3.8, 4) is 0 Å². The van der Waals surface area contributed by atoms with Crippen molar-refractivity contribution in [1.29, 1.82) is 0 Å². The van der Waals surface area contributed by atoms with E-state index in [0.717, 1.165) is 11.4 Å². The normalized spacial score (nSPS) is 15.9. The first kappa shape index (κ1) is 19.2. The Kier molecular flexibility index (Phi) is 6.39. The van der Waals surface area contributed by atoms with Gasteiger partial charge in [-0.3, -0.25) is 4.79 Å². The van der Waals surface area contributed by atoms with Gasteiger partial charge in [-0.2, -0.15) is 0 Å². The molecule has 0 aliphatic carbocycles. The second-order valence-corrected chi connectivity index (χ2v) is 9.45. The first-order chi connectivity index (χ1) is 13.8. The smallest absolute Gasteiger partial charge is 0.251 e. The summed E-state index contributed by atoms with van der Waals surface area (Å²) in [5, 5.41) is 3.18. The van der Waals surface area contributed by atoms with Crippen LogP contribution in [0.3, 0.4) is 0 Å². The fraction of sp³-hybridized carbons (Fsp3) is 0.273. The highest BCUT2D eigenvalue weighted by atomic mass is 32.2. The van der Waals surface area contributed by atoms with Crippen molar-refractivity contribution in [2.24, 2.45) is 0 Å². The molecule has 0 bridgehead atoms. The van der Waals surface area contributed by atoms with Gasteiger partial charge in [0.05, 0.1) is 10.6 Å². The van der Waals surface area contributed by atoms with Crippen LogP contribution in [0, 0.1) is 0 Å². The van der Waals surface area contributed by atoms with Crippen LogP contribution in [0.25, 0.3) is 0 Å². The van der Waals surface area contributed by atoms with Crippen molar-refractivity contribution in [2.45, 2.75) is 23.5 Å². The van der Waals surface area contributed by atoms with E-state index in [1.807, 2.05) is 66.0 Å². The van der Waals surface area contributed by atoms with E-state index in [-0.39, 0.29) is 11.9 Å². The van der Waals surface area contributed by atoms with Gasteiger partial charge >= 0.3 is 0 Å². The van der Waals surface area contributed by atoms with Gasteiger partial charge in [-0.1, -0.05) is 42.5 Å². The third-order valence-electron chi connectivity index (χ3n) is 4.73. The molecule has 0 saturated carbocycles. The Morgan fingerprint density at radius 2 is 1.86 bits per heavy atom. The Hall–Kier alpha value is -2.18. The quantitative estimate of drug-likeness (QED) is 0.602. The Morgan fingerprint density at radius 3 is 2.54 bits per heavy atom. The van der Waals surface area contributed by atoms with Gasteiger partial charge in [0.15, 0.2) is 0 Å². The summed E-state index contributed by atoms with van der Waals surface area (Å²) in [5.41, 5.74) is 3.05. The molecule has 144 valence electrons. The van der Waals surface area contributed by atoms with E-state index in [0.29, 0.717) is 16.6 Å². The number of aromatic amines is 1. The molecule has 1 saturated heterocycles. The van der Waals surface area contributed by atoms with Gasteiger partial charge in [-0.15, -0.1) is 23.5 Å². The van der Waals surface area contributed by atoms with Gasteiger partial charge in [0.2, 0.25) is 0 Å². The Labute approximate surface area is 173 Å². The molecule has 28 heavy (non-hydrogen) atoms. The maximum atomic E-state index is 12.9. The molecule has 4 rings (SSSR count). The van der Waals surface area contributed by atoms with Gasteiger partial charge in [0.1, 0.15) is 5.82 Å². The predicted molar refractivity (Wildman–Crippen MR) is 118 cm³/mol. The van der Waals surface area contributed by atoms with Crippen LogP contribution in [0.15, 0.2) is 67.0 Å². The number of imidazole rings is 1. The lowest BCUT2D eigenvalue weighted by molar-refractivity contribution is 0.0936. The SMILES string of the molecule is O=C(N[C@@H](Cc1ncc[nH]1)c1ccccc1)c1ccc(C2SCCCS2)cc1. The number of aromatic nitrogens is 2. The maximum Gasteiger partial charge on any atom is 0.251 e. The summed E-state index contributed by atoms with van der Waals surface area (Å²) in [4.78, 5) is 20.3. The zero-order valence-electron chi connectivity index (χ0n) is 15.5. The lowest BCUT2D eigenvalue weighted by Crippen LogP contribution is -2.30. The molecule has 3 aromatic rings. The molecule has 6 heteroatoms. The molecular formula is C22H23N3OS2. The van der Waals surface area contributed by atoms with Crippen LogP contribution in [0.5, 0.6) is 0 Å². The summed E-state index contributed by atoms with van der Waals surface area (Å²) in [6, 6.07) is 18.0. The number of thioether (sulfide) groups is 2. The standard InChI is InChI=1S/C22H23N3OS2/c26-21(17-7-9-18(10-8-17)22-27-13-4-14-28-22)25-19(15-20-23-11-12-24-20)16-5-2-1-3-6-16/h1-3,5-12,19,22H,4,13-15H2,(H,23,24)(H,25,26)/t19-/m0/s1. The highest BCUT2D eigenvalue weighted by molar-refractivity contribution is 8.16. The minimum absolute atomic E-state index is 0.0593. The predicted octanol–water partition coefficient (Wildman–Crippen LogP) is 4.99. The fourth-order valence-corrected chi connectivity index (χ4v) is 6.15. The van der Waals surface area contributed by atoms with E-state index in [1.165, 1.54) is 23.5 Å². The van der Waals surface area contributed by atoms with Crippen LogP contribution < -0.4 is 5.32 Å². The Balaban J connectivity index is 1.47. The lowest BCUT2D eigenvalue weighted by atomic mass is 10.0. The molecule has 2 N–H and O–H groups in total. The van der Waals surface area contributed by atoms with Crippen LogP contribution in [-0.4, -0.2) is 27.4 Å². The van der Waals surface area contributed by atoms with Crippen LogP contribution >= 0.6 is 23.5 Å². The van der Waals surface area contributed by atoms with E-state index in [9.17, 15) is 4.79 Å². The van der Waals surface area contributed by atoms with E-state index >= 15 is 0 Å². The monoisotopic (exact) mass is 409 g/mol. The highest BCUT2D eigenvalue weighted by Crippen LogP contribution is 2.43. The zero-order valence-corrected chi connectivity index (χ0v) is 17.1. The van der Waals surface area contributed by atoms with Crippen LogP contribution in [0.1, 0.15) is 44.4 Å². The van der Waals surface area contributed by atoms with E-state index in [1.54, 1.807) is 12.4 Å². The molecule has 2 heterocycles. The molecule has 1 aliphatic heterocycles. The van der Waals surface area contributed by atoms with Gasteiger partial charge < -0.3 is 10.3 Å². The van der Waals surface area contributed by atoms with Crippen molar-refractivity contribution < 1.29 is 4.79 Å². The number of carbonyl (C=O) groups is 1. The fourth-order valence-electron chi connectivity index (χ4n) is 3.25. The van der Waals surface area contributed by atoms with Gasteiger partial charge in [-0.25, -0.2) is 4.98 Å². The number of nitrogens with zero attached hydrogens (tertiary/aromatic N) is 1. The van der Waals surface area contributed by atoms with Crippen molar-refractivity contribution in [1.82, 2.24) is 15.3 Å². The molecule has 4 nitrogen and oxygen atoms in total. The molecule has 1 aromatic heterocycles. The summed E-state index contributed by atoms with van der Waals surface area (Å²) in [5.74, 6) is 3.23. The van der Waals surface area contributed by atoms with Gasteiger partial charge in [0.25, 0.3) is 5.91 Å². The zero-order chi connectivity index (χ0) is 19.2. The average molecular weight is 410 g/mol. The number of hydrogen-bond donors (Lipinski definition) is 2. The molecule has 1 amide bonds. The molecular weight excluding hydrogens is 386 g/mol. The largest absolute Gasteiger partial charge is 0.349 e. The summed E-state index contributed by atoms with van der Waals surface area (Å²) in [7, 11) is 0. The second kappa shape index (κ2) is 9.34. The minimum atomic E-state index is -0.135. The first-order valence-corrected chi connectivity index (χ1v) is 11.6. The molecule has 0 unspecified atom stereocenters.